The van der Waals surface area contributed by atoms with Crippen LogP contribution in [-0.2, 0) is 0 Å². The van der Waals surface area contributed by atoms with E-state index in [0.717, 1.165) is 6.07 Å². The summed E-state index contributed by atoms with van der Waals surface area (Å²) in [7, 11) is 0. The lowest BCUT2D eigenvalue weighted by Gasteiger charge is -2.08. The molecule has 0 saturated carbocycles. The van der Waals surface area contributed by atoms with Gasteiger partial charge in [-0.05, 0) is 24.3 Å². The van der Waals surface area contributed by atoms with Crippen LogP contribution in [0.3, 0.4) is 0 Å². The van der Waals surface area contributed by atoms with Crippen molar-refractivity contribution >= 4 is 0 Å². The highest BCUT2D eigenvalue weighted by Crippen LogP contribution is 2.25. The van der Waals surface area contributed by atoms with E-state index in [2.05, 4.69) is 10.1 Å². The minimum absolute atomic E-state index is 0.207. The van der Waals surface area contributed by atoms with Gasteiger partial charge in [0.1, 0.15) is 11.6 Å². The zero-order valence-corrected chi connectivity index (χ0v) is 10.7. The molecule has 1 aromatic carbocycles. The second kappa shape index (κ2) is 5.13. The van der Waals surface area contributed by atoms with Crippen LogP contribution >= 0.6 is 0 Å². The van der Waals surface area contributed by atoms with Gasteiger partial charge in [0.05, 0.1) is 23.5 Å². The predicted molar refractivity (Wildman–Crippen MR) is 71.4 cm³/mol. The molecule has 2 heterocycles. The van der Waals surface area contributed by atoms with Crippen molar-refractivity contribution in [2.24, 2.45) is 0 Å². The average Bonchev–Trinajstić information content (AvgIpc) is 2.96. The fraction of sp³-hybridized carbons (Fsp3) is 0. The fourth-order valence-electron chi connectivity index (χ4n) is 1.99. The number of nitrogens with zero attached hydrogens (tertiary/aromatic N) is 4. The Morgan fingerprint density at radius 1 is 1.05 bits per heavy atom. The summed E-state index contributed by atoms with van der Waals surface area (Å²) in [4.78, 5) is 4.12. The van der Waals surface area contributed by atoms with Crippen LogP contribution in [-0.4, -0.2) is 14.8 Å². The second-order valence-corrected chi connectivity index (χ2v) is 4.27. The molecule has 0 fully saturated rings. The lowest BCUT2D eigenvalue weighted by molar-refractivity contribution is 0.584. The lowest BCUT2D eigenvalue weighted by atomic mass is 10.1. The molecule has 0 bridgehead atoms. The number of pyridine rings is 1. The van der Waals surface area contributed by atoms with E-state index in [-0.39, 0.29) is 5.56 Å². The molecule has 102 valence electrons. The molecule has 0 aliphatic rings. The molecule has 0 unspecified atom stereocenters. The Bertz CT molecular complexity index is 849. The number of hydrogen-bond acceptors (Lipinski definition) is 3. The highest BCUT2D eigenvalue weighted by Gasteiger charge is 2.13. The van der Waals surface area contributed by atoms with Crippen LogP contribution in [0.4, 0.5) is 8.78 Å². The summed E-state index contributed by atoms with van der Waals surface area (Å²) in [5.74, 6) is -0.946. The number of nitriles is 1. The van der Waals surface area contributed by atoms with Crippen LogP contribution in [0.25, 0.3) is 17.1 Å². The molecule has 3 aromatic rings. The van der Waals surface area contributed by atoms with Crippen molar-refractivity contribution in [3.8, 4) is 23.1 Å². The van der Waals surface area contributed by atoms with E-state index in [1.165, 1.54) is 35.3 Å². The number of aromatic nitrogens is 3. The third kappa shape index (κ3) is 2.37. The molecule has 0 atom stereocenters. The topological polar surface area (TPSA) is 54.5 Å². The molecule has 0 aliphatic carbocycles. The molecule has 0 radical (unpaired) electrons. The van der Waals surface area contributed by atoms with E-state index in [4.69, 9.17) is 5.26 Å². The highest BCUT2D eigenvalue weighted by atomic mass is 19.1. The van der Waals surface area contributed by atoms with Gasteiger partial charge in [0.2, 0.25) is 0 Å². The number of rotatable bonds is 2. The summed E-state index contributed by atoms with van der Waals surface area (Å²) in [5.41, 5.74) is 1.05. The largest absolute Gasteiger partial charge is 0.237 e. The first kappa shape index (κ1) is 12.9. The van der Waals surface area contributed by atoms with Crippen molar-refractivity contribution in [1.29, 1.82) is 5.26 Å². The Kier molecular flexibility index (Phi) is 3.16. The van der Waals surface area contributed by atoms with Gasteiger partial charge < -0.3 is 0 Å². The van der Waals surface area contributed by atoms with Crippen LogP contribution in [0, 0.1) is 23.0 Å². The average molecular weight is 282 g/mol. The third-order valence-corrected chi connectivity index (χ3v) is 2.94. The molecule has 0 spiro atoms. The van der Waals surface area contributed by atoms with E-state index >= 15 is 0 Å². The first-order valence-electron chi connectivity index (χ1n) is 6.05. The molecule has 4 nitrogen and oxygen atoms in total. The number of halogens is 2. The Morgan fingerprint density at radius 3 is 2.67 bits per heavy atom. The summed E-state index contributed by atoms with van der Waals surface area (Å²) < 4.78 is 28.3. The smallest absolute Gasteiger partial charge is 0.155 e. The summed E-state index contributed by atoms with van der Waals surface area (Å²) in [6, 6.07) is 10.0. The molecular weight excluding hydrogens is 274 g/mol. The maximum absolute atomic E-state index is 13.9. The van der Waals surface area contributed by atoms with E-state index < -0.39 is 11.6 Å². The van der Waals surface area contributed by atoms with Crippen LogP contribution in [0.1, 0.15) is 5.56 Å². The summed E-state index contributed by atoms with van der Waals surface area (Å²) in [6.45, 7) is 0. The molecule has 2 aromatic heterocycles. The highest BCUT2D eigenvalue weighted by molar-refractivity contribution is 5.62. The second-order valence-electron chi connectivity index (χ2n) is 4.27. The Hall–Kier alpha value is -3.07. The first-order chi connectivity index (χ1) is 10.2. The van der Waals surface area contributed by atoms with Gasteiger partial charge in [-0.1, -0.05) is 0 Å². The van der Waals surface area contributed by atoms with Crippen LogP contribution in [0.15, 0.2) is 48.8 Å². The standard InChI is InChI=1S/C15H8F2N4/c16-11-1-2-12(13(17)8-11)14-4-6-20-21(14)15-7-10(9-18)3-5-19-15/h1-8H. The zero-order chi connectivity index (χ0) is 14.8. The van der Waals surface area contributed by atoms with Crippen molar-refractivity contribution < 1.29 is 8.78 Å². The molecule has 0 N–H and O–H groups in total. The molecule has 0 aliphatic heterocycles. The van der Waals surface area contributed by atoms with Crippen LogP contribution in [0.5, 0.6) is 0 Å². The predicted octanol–water partition coefficient (Wildman–Crippen LogP) is 3.08. The van der Waals surface area contributed by atoms with Crippen LogP contribution < -0.4 is 0 Å². The van der Waals surface area contributed by atoms with Gasteiger partial charge >= 0.3 is 0 Å². The Morgan fingerprint density at radius 2 is 1.90 bits per heavy atom. The van der Waals surface area contributed by atoms with Crippen LogP contribution in [0.2, 0.25) is 0 Å². The third-order valence-electron chi connectivity index (χ3n) is 2.94. The van der Waals surface area contributed by atoms with Crippen molar-refractivity contribution in [3.63, 3.8) is 0 Å². The number of benzene rings is 1. The van der Waals surface area contributed by atoms with E-state index in [1.807, 2.05) is 6.07 Å². The minimum atomic E-state index is -0.687. The monoisotopic (exact) mass is 282 g/mol. The van der Waals surface area contributed by atoms with E-state index in [1.54, 1.807) is 12.1 Å². The number of hydrogen-bond donors (Lipinski definition) is 0. The van der Waals surface area contributed by atoms with Crippen molar-refractivity contribution in [2.45, 2.75) is 0 Å². The van der Waals surface area contributed by atoms with Gasteiger partial charge in [0, 0.05) is 23.9 Å². The zero-order valence-electron chi connectivity index (χ0n) is 10.7. The lowest BCUT2D eigenvalue weighted by Crippen LogP contribution is -2.03. The minimum Gasteiger partial charge on any atom is -0.237 e. The molecule has 21 heavy (non-hydrogen) atoms. The van der Waals surface area contributed by atoms with Gasteiger partial charge in [-0.2, -0.15) is 10.4 Å². The van der Waals surface area contributed by atoms with Gasteiger partial charge in [-0.15, -0.1) is 0 Å². The van der Waals surface area contributed by atoms with Gasteiger partial charge in [-0.25, -0.2) is 18.4 Å². The first-order valence-corrected chi connectivity index (χ1v) is 6.05. The maximum atomic E-state index is 13.9. The normalized spacial score (nSPS) is 10.3. The van der Waals surface area contributed by atoms with Gasteiger partial charge in [0.25, 0.3) is 0 Å². The molecule has 0 saturated heterocycles. The SMILES string of the molecule is N#Cc1ccnc(-n2nccc2-c2ccc(F)cc2F)c1. The van der Waals surface area contributed by atoms with Gasteiger partial charge in [0.15, 0.2) is 5.82 Å². The fourth-order valence-corrected chi connectivity index (χ4v) is 1.99. The molecule has 3 rings (SSSR count). The van der Waals surface area contributed by atoms with Crippen molar-refractivity contribution in [3.05, 3.63) is 66.0 Å². The van der Waals surface area contributed by atoms with Crippen molar-refractivity contribution in [1.82, 2.24) is 14.8 Å². The van der Waals surface area contributed by atoms with E-state index in [0.29, 0.717) is 17.1 Å². The summed E-state index contributed by atoms with van der Waals surface area (Å²) >= 11 is 0. The van der Waals surface area contributed by atoms with E-state index in [9.17, 15) is 8.78 Å². The molecular formula is C15H8F2N4. The molecule has 0 amide bonds. The Labute approximate surface area is 118 Å². The Balaban J connectivity index is 2.15. The quantitative estimate of drug-likeness (QED) is 0.725. The summed E-state index contributed by atoms with van der Waals surface area (Å²) in [6.07, 6.45) is 2.96. The molecule has 6 heteroatoms. The van der Waals surface area contributed by atoms with Crippen molar-refractivity contribution in [2.75, 3.05) is 0 Å². The summed E-state index contributed by atoms with van der Waals surface area (Å²) in [5, 5.41) is 13.0. The van der Waals surface area contributed by atoms with Gasteiger partial charge in [-0.3, -0.25) is 0 Å². The maximum Gasteiger partial charge on any atom is 0.155 e.